The van der Waals surface area contributed by atoms with E-state index < -0.39 is 10.0 Å². The third-order valence-corrected chi connectivity index (χ3v) is 6.98. The first-order valence-electron chi connectivity index (χ1n) is 10.7. The Labute approximate surface area is 187 Å². The molecule has 1 aromatic carbocycles. The lowest BCUT2D eigenvalue weighted by atomic mass is 10.1. The topological polar surface area (TPSA) is 105 Å². The predicted octanol–water partition coefficient (Wildman–Crippen LogP) is 3.31. The van der Waals surface area contributed by atoms with Crippen LogP contribution in [0.4, 0.5) is 0 Å². The summed E-state index contributed by atoms with van der Waals surface area (Å²) in [7, 11) is -3.79. The van der Waals surface area contributed by atoms with Gasteiger partial charge >= 0.3 is 0 Å². The quantitative estimate of drug-likeness (QED) is 0.511. The summed E-state index contributed by atoms with van der Waals surface area (Å²) >= 11 is 0. The highest BCUT2D eigenvalue weighted by Gasteiger charge is 2.25. The Morgan fingerprint density at radius 3 is 2.50 bits per heavy atom. The molecule has 0 saturated carbocycles. The lowest BCUT2D eigenvalue weighted by Crippen LogP contribution is -2.40. The minimum atomic E-state index is -3.79. The Hall–Kier alpha value is -2.88. The largest absolute Gasteiger partial charge is 0.468 e. The number of sulfonamides is 1. The van der Waals surface area contributed by atoms with Crippen LogP contribution in [0.2, 0.25) is 0 Å². The van der Waals surface area contributed by atoms with Crippen molar-refractivity contribution in [2.45, 2.75) is 36.7 Å². The first-order valence-corrected chi connectivity index (χ1v) is 12.2. The second-order valence-electron chi connectivity index (χ2n) is 7.77. The van der Waals surface area contributed by atoms with Crippen LogP contribution in [0.3, 0.4) is 0 Å². The van der Waals surface area contributed by atoms with Crippen LogP contribution in [-0.2, 0) is 16.6 Å². The molecule has 1 atom stereocenters. The van der Waals surface area contributed by atoms with Gasteiger partial charge in [-0.3, -0.25) is 9.69 Å². The van der Waals surface area contributed by atoms with Crippen molar-refractivity contribution < 1.29 is 22.0 Å². The standard InChI is InChI=1S/C23H27N3O5S/c27-23(24-17-21(22-10-6-14-31-22)26-11-2-1-3-12-26)18-7-4-9-20(15-18)32(28,29)25-16-19-8-5-13-30-19/h4-10,13-15,21,25H,1-3,11-12,16-17H2,(H,24,27). The number of carbonyl (C=O) groups is 1. The summed E-state index contributed by atoms with van der Waals surface area (Å²) in [5.41, 5.74) is 0.280. The molecule has 2 N–H and O–H groups in total. The molecule has 4 rings (SSSR count). The van der Waals surface area contributed by atoms with Gasteiger partial charge in [0, 0.05) is 12.1 Å². The van der Waals surface area contributed by atoms with E-state index in [1.54, 1.807) is 30.5 Å². The zero-order chi connectivity index (χ0) is 22.4. The predicted molar refractivity (Wildman–Crippen MR) is 118 cm³/mol. The fourth-order valence-corrected chi connectivity index (χ4v) is 4.92. The molecular formula is C23H27N3O5S. The number of nitrogens with zero attached hydrogens (tertiary/aromatic N) is 1. The molecule has 32 heavy (non-hydrogen) atoms. The third-order valence-electron chi connectivity index (χ3n) is 5.58. The van der Waals surface area contributed by atoms with Gasteiger partial charge in [-0.2, -0.15) is 0 Å². The SMILES string of the molecule is O=C(NCC(c1ccco1)N1CCCCC1)c1cccc(S(=O)(=O)NCc2ccco2)c1. The van der Waals surface area contributed by atoms with Gasteiger partial charge < -0.3 is 14.2 Å². The van der Waals surface area contributed by atoms with E-state index in [9.17, 15) is 13.2 Å². The van der Waals surface area contributed by atoms with Gasteiger partial charge in [-0.05, 0) is 68.4 Å². The van der Waals surface area contributed by atoms with Crippen molar-refractivity contribution in [2.24, 2.45) is 0 Å². The molecule has 1 aliphatic rings. The van der Waals surface area contributed by atoms with Crippen molar-refractivity contribution in [3.05, 3.63) is 78.1 Å². The number of nitrogens with one attached hydrogen (secondary N) is 2. The molecule has 2 aromatic heterocycles. The maximum atomic E-state index is 12.8. The summed E-state index contributed by atoms with van der Waals surface area (Å²) < 4.78 is 38.5. The molecule has 8 nitrogen and oxygen atoms in total. The van der Waals surface area contributed by atoms with Crippen molar-refractivity contribution in [1.29, 1.82) is 0 Å². The van der Waals surface area contributed by atoms with Crippen molar-refractivity contribution in [3.63, 3.8) is 0 Å². The number of hydrogen-bond acceptors (Lipinski definition) is 6. The second-order valence-corrected chi connectivity index (χ2v) is 9.54. The van der Waals surface area contributed by atoms with Gasteiger partial charge in [-0.25, -0.2) is 13.1 Å². The van der Waals surface area contributed by atoms with E-state index >= 15 is 0 Å². The van der Waals surface area contributed by atoms with Crippen LogP contribution in [0.1, 0.15) is 47.2 Å². The number of amides is 1. The number of piperidine rings is 1. The Kier molecular flexibility index (Phi) is 7.09. The molecule has 1 unspecified atom stereocenters. The number of carbonyl (C=O) groups excluding carboxylic acids is 1. The summed E-state index contributed by atoms with van der Waals surface area (Å²) in [6, 6.07) is 13.1. The molecule has 0 radical (unpaired) electrons. The highest BCUT2D eigenvalue weighted by Crippen LogP contribution is 2.24. The summed E-state index contributed by atoms with van der Waals surface area (Å²) in [5, 5.41) is 2.95. The molecule has 170 valence electrons. The molecule has 9 heteroatoms. The Bertz CT molecular complexity index is 1100. The van der Waals surface area contributed by atoms with E-state index in [0.717, 1.165) is 31.7 Å². The van der Waals surface area contributed by atoms with Gasteiger partial charge in [0.1, 0.15) is 11.5 Å². The normalized spacial score (nSPS) is 16.0. The van der Waals surface area contributed by atoms with Crippen LogP contribution < -0.4 is 10.0 Å². The zero-order valence-corrected chi connectivity index (χ0v) is 18.5. The summed E-state index contributed by atoms with van der Waals surface area (Å²) in [4.78, 5) is 15.2. The van der Waals surface area contributed by atoms with Gasteiger partial charge in [0.05, 0.1) is 30.0 Å². The molecule has 3 aromatic rings. The minimum Gasteiger partial charge on any atom is -0.468 e. The summed E-state index contributed by atoms with van der Waals surface area (Å²) in [6.07, 6.45) is 6.57. The van der Waals surface area contributed by atoms with Crippen molar-refractivity contribution in [2.75, 3.05) is 19.6 Å². The average molecular weight is 458 g/mol. The highest BCUT2D eigenvalue weighted by molar-refractivity contribution is 7.89. The summed E-state index contributed by atoms with van der Waals surface area (Å²) in [5.74, 6) is 0.983. The summed E-state index contributed by atoms with van der Waals surface area (Å²) in [6.45, 7) is 2.32. The minimum absolute atomic E-state index is 0.0234. The molecule has 1 amide bonds. The van der Waals surface area contributed by atoms with Crippen molar-refractivity contribution in [3.8, 4) is 0 Å². The number of benzene rings is 1. The molecule has 0 spiro atoms. The number of furan rings is 2. The molecule has 0 bridgehead atoms. The van der Waals surface area contributed by atoms with E-state index in [4.69, 9.17) is 8.83 Å². The first-order chi connectivity index (χ1) is 15.5. The van der Waals surface area contributed by atoms with Gasteiger partial charge in [0.2, 0.25) is 10.0 Å². The molecule has 1 saturated heterocycles. The Morgan fingerprint density at radius 2 is 1.78 bits per heavy atom. The fraction of sp³-hybridized carbons (Fsp3) is 0.348. The molecule has 3 heterocycles. The van der Waals surface area contributed by atoms with E-state index in [1.807, 2.05) is 12.1 Å². The van der Waals surface area contributed by atoms with Crippen LogP contribution in [-0.4, -0.2) is 38.9 Å². The van der Waals surface area contributed by atoms with E-state index in [1.165, 1.54) is 24.8 Å². The number of hydrogen-bond donors (Lipinski definition) is 2. The van der Waals surface area contributed by atoms with Gasteiger partial charge in [-0.15, -0.1) is 0 Å². The number of likely N-dealkylation sites (tertiary alicyclic amines) is 1. The van der Waals surface area contributed by atoms with Crippen molar-refractivity contribution in [1.82, 2.24) is 14.9 Å². The first kappa shape index (κ1) is 22.3. The van der Waals surface area contributed by atoms with E-state index in [0.29, 0.717) is 12.3 Å². The lowest BCUT2D eigenvalue weighted by Gasteiger charge is -2.33. The molecule has 0 aliphatic carbocycles. The Morgan fingerprint density at radius 1 is 1.00 bits per heavy atom. The van der Waals surface area contributed by atoms with Crippen molar-refractivity contribution >= 4 is 15.9 Å². The molecule has 1 aliphatic heterocycles. The Balaban J connectivity index is 1.42. The maximum absolute atomic E-state index is 12.8. The monoisotopic (exact) mass is 457 g/mol. The smallest absolute Gasteiger partial charge is 0.251 e. The maximum Gasteiger partial charge on any atom is 0.251 e. The molecular weight excluding hydrogens is 430 g/mol. The van der Waals surface area contributed by atoms with Crippen LogP contribution in [0, 0.1) is 0 Å². The average Bonchev–Trinajstić information content (AvgIpc) is 3.53. The fourth-order valence-electron chi connectivity index (χ4n) is 3.88. The van der Waals surface area contributed by atoms with Crippen LogP contribution >= 0.6 is 0 Å². The highest BCUT2D eigenvalue weighted by atomic mass is 32.2. The molecule has 1 fully saturated rings. The lowest BCUT2D eigenvalue weighted by molar-refractivity contribution is 0.0914. The van der Waals surface area contributed by atoms with Crippen LogP contribution in [0.15, 0.2) is 74.8 Å². The van der Waals surface area contributed by atoms with E-state index in [-0.39, 0.29) is 29.0 Å². The number of rotatable bonds is 9. The second kappa shape index (κ2) is 10.2. The van der Waals surface area contributed by atoms with E-state index in [2.05, 4.69) is 14.9 Å². The van der Waals surface area contributed by atoms with Gasteiger partial charge in [0.15, 0.2) is 0 Å². The zero-order valence-electron chi connectivity index (χ0n) is 17.7. The third kappa shape index (κ3) is 5.48. The van der Waals surface area contributed by atoms with Gasteiger partial charge in [-0.1, -0.05) is 12.5 Å². The van der Waals surface area contributed by atoms with Crippen LogP contribution in [0.5, 0.6) is 0 Å². The van der Waals surface area contributed by atoms with Crippen LogP contribution in [0.25, 0.3) is 0 Å². The van der Waals surface area contributed by atoms with Gasteiger partial charge in [0.25, 0.3) is 5.91 Å².